The summed E-state index contributed by atoms with van der Waals surface area (Å²) < 4.78 is 5.15. The molecule has 1 aromatic rings. The summed E-state index contributed by atoms with van der Waals surface area (Å²) in [7, 11) is 0. The summed E-state index contributed by atoms with van der Waals surface area (Å²) in [6.07, 6.45) is 7.33. The van der Waals surface area contributed by atoms with Crippen molar-refractivity contribution in [2.45, 2.75) is 51.4 Å². The summed E-state index contributed by atoms with van der Waals surface area (Å²) in [4.78, 5) is 11.3. The summed E-state index contributed by atoms with van der Waals surface area (Å²) in [6, 6.07) is 10.9. The first kappa shape index (κ1) is 15.8. The quantitative estimate of drug-likeness (QED) is 0.424. The highest BCUT2D eigenvalue weighted by Crippen LogP contribution is 2.37. The van der Waals surface area contributed by atoms with E-state index in [0.29, 0.717) is 12.2 Å². The van der Waals surface area contributed by atoms with E-state index in [1.54, 1.807) is 6.92 Å². The van der Waals surface area contributed by atoms with Gasteiger partial charge in [0.05, 0.1) is 6.61 Å². The first-order valence-electron chi connectivity index (χ1n) is 8.04. The summed E-state index contributed by atoms with van der Waals surface area (Å²) in [5.41, 5.74) is 1.98. The molecule has 21 heavy (non-hydrogen) atoms. The second kappa shape index (κ2) is 8.02. The number of ether oxygens (including phenoxy) is 1. The molecule has 0 atom stereocenters. The molecule has 0 bridgehead atoms. The molecule has 1 aromatic carbocycles. The minimum absolute atomic E-state index is 0.261. The second-order valence-electron chi connectivity index (χ2n) is 6.19. The Bertz CT molecular complexity index is 456. The third-order valence-corrected chi connectivity index (χ3v) is 4.46. The van der Waals surface area contributed by atoms with Crippen LogP contribution in [0, 0.1) is 5.92 Å². The van der Waals surface area contributed by atoms with Crippen molar-refractivity contribution in [1.82, 2.24) is 0 Å². The molecule has 1 saturated carbocycles. The van der Waals surface area contributed by atoms with Crippen LogP contribution in [0.15, 0.2) is 42.5 Å². The van der Waals surface area contributed by atoms with E-state index in [-0.39, 0.29) is 5.97 Å². The lowest BCUT2D eigenvalue weighted by Gasteiger charge is -2.28. The Balaban J connectivity index is 1.63. The van der Waals surface area contributed by atoms with E-state index in [4.69, 9.17) is 4.74 Å². The first-order valence-corrected chi connectivity index (χ1v) is 8.04. The van der Waals surface area contributed by atoms with E-state index in [9.17, 15) is 4.79 Å². The third-order valence-electron chi connectivity index (χ3n) is 4.46. The van der Waals surface area contributed by atoms with Crippen LogP contribution in [-0.2, 0) is 9.53 Å². The molecule has 0 aromatic heterocycles. The number of carbonyl (C=O) groups is 1. The van der Waals surface area contributed by atoms with Gasteiger partial charge in [-0.2, -0.15) is 0 Å². The van der Waals surface area contributed by atoms with Crippen LogP contribution in [-0.4, -0.2) is 12.6 Å². The molecule has 0 heterocycles. The maximum atomic E-state index is 11.3. The summed E-state index contributed by atoms with van der Waals surface area (Å²) in [5, 5.41) is 0. The zero-order valence-corrected chi connectivity index (χ0v) is 13.0. The van der Waals surface area contributed by atoms with Crippen molar-refractivity contribution in [3.05, 3.63) is 48.0 Å². The lowest BCUT2D eigenvalue weighted by molar-refractivity contribution is -0.139. The number of rotatable bonds is 6. The molecule has 1 aliphatic rings. The fourth-order valence-electron chi connectivity index (χ4n) is 3.17. The van der Waals surface area contributed by atoms with E-state index in [1.165, 1.54) is 37.7 Å². The van der Waals surface area contributed by atoms with Crippen molar-refractivity contribution in [3.8, 4) is 0 Å². The van der Waals surface area contributed by atoms with Gasteiger partial charge in [-0.25, -0.2) is 4.79 Å². The van der Waals surface area contributed by atoms with Crippen molar-refractivity contribution in [2.75, 3.05) is 6.61 Å². The molecule has 0 N–H and O–H groups in total. The van der Waals surface area contributed by atoms with Crippen molar-refractivity contribution in [1.29, 1.82) is 0 Å². The van der Waals surface area contributed by atoms with Crippen LogP contribution >= 0.6 is 0 Å². The summed E-state index contributed by atoms with van der Waals surface area (Å²) in [5.74, 6) is 1.28. The maximum Gasteiger partial charge on any atom is 0.333 e. The fraction of sp³-hybridized carbons (Fsp3) is 0.526. The van der Waals surface area contributed by atoms with E-state index in [1.807, 2.05) is 0 Å². The smallest absolute Gasteiger partial charge is 0.333 e. The van der Waals surface area contributed by atoms with Gasteiger partial charge in [-0.1, -0.05) is 36.9 Å². The van der Waals surface area contributed by atoms with Crippen LogP contribution in [0.2, 0.25) is 0 Å². The standard InChI is InChI=1S/C19H26O2/c1-15(2)19(20)21-14-6-7-16-10-12-18(13-11-16)17-8-4-3-5-9-17/h3-5,8-9,16,18H,1,6-7,10-14H2,2H3. The number of hydrogen-bond acceptors (Lipinski definition) is 2. The van der Waals surface area contributed by atoms with Crippen molar-refractivity contribution >= 4 is 5.97 Å². The van der Waals surface area contributed by atoms with Gasteiger partial charge in [0.25, 0.3) is 0 Å². The Morgan fingerprint density at radius 2 is 1.86 bits per heavy atom. The zero-order chi connectivity index (χ0) is 15.1. The predicted molar refractivity (Wildman–Crippen MR) is 86.1 cm³/mol. The number of esters is 1. The van der Waals surface area contributed by atoms with E-state index in [2.05, 4.69) is 36.9 Å². The summed E-state index contributed by atoms with van der Waals surface area (Å²) >= 11 is 0. The molecule has 2 rings (SSSR count). The van der Waals surface area contributed by atoms with Crippen LogP contribution in [0.25, 0.3) is 0 Å². The molecular weight excluding hydrogens is 260 g/mol. The Morgan fingerprint density at radius 3 is 2.48 bits per heavy atom. The lowest BCUT2D eigenvalue weighted by atomic mass is 9.77. The van der Waals surface area contributed by atoms with Crippen LogP contribution in [0.3, 0.4) is 0 Å². The van der Waals surface area contributed by atoms with Crippen molar-refractivity contribution in [3.63, 3.8) is 0 Å². The number of benzene rings is 1. The predicted octanol–water partition coefficient (Wildman–Crippen LogP) is 4.86. The average molecular weight is 286 g/mol. The maximum absolute atomic E-state index is 11.3. The monoisotopic (exact) mass is 286 g/mol. The number of carbonyl (C=O) groups excluding carboxylic acids is 1. The van der Waals surface area contributed by atoms with Crippen LogP contribution in [0.1, 0.15) is 56.9 Å². The molecule has 0 saturated heterocycles. The van der Waals surface area contributed by atoms with E-state index >= 15 is 0 Å². The lowest BCUT2D eigenvalue weighted by Crippen LogP contribution is -2.14. The largest absolute Gasteiger partial charge is 0.462 e. The molecule has 0 radical (unpaired) electrons. The van der Waals surface area contributed by atoms with Gasteiger partial charge in [-0.05, 0) is 62.8 Å². The molecular formula is C19H26O2. The highest BCUT2D eigenvalue weighted by molar-refractivity contribution is 5.86. The van der Waals surface area contributed by atoms with Gasteiger partial charge < -0.3 is 4.74 Å². The van der Waals surface area contributed by atoms with Gasteiger partial charge in [0, 0.05) is 5.57 Å². The SMILES string of the molecule is C=C(C)C(=O)OCCCC1CCC(c2ccccc2)CC1. The highest BCUT2D eigenvalue weighted by atomic mass is 16.5. The topological polar surface area (TPSA) is 26.3 Å². The van der Waals surface area contributed by atoms with Crippen molar-refractivity contribution < 1.29 is 9.53 Å². The van der Waals surface area contributed by atoms with Gasteiger partial charge in [0.1, 0.15) is 0 Å². The molecule has 2 heteroatoms. The highest BCUT2D eigenvalue weighted by Gasteiger charge is 2.21. The Labute approximate surface area is 128 Å². The molecule has 1 fully saturated rings. The van der Waals surface area contributed by atoms with Crippen LogP contribution in [0.5, 0.6) is 0 Å². The molecule has 0 amide bonds. The van der Waals surface area contributed by atoms with Crippen LogP contribution in [0.4, 0.5) is 0 Å². The third kappa shape index (κ3) is 5.04. The molecule has 114 valence electrons. The Morgan fingerprint density at radius 1 is 1.19 bits per heavy atom. The first-order chi connectivity index (χ1) is 10.2. The average Bonchev–Trinajstić information content (AvgIpc) is 2.52. The van der Waals surface area contributed by atoms with Gasteiger partial charge in [0.2, 0.25) is 0 Å². The Kier molecular flexibility index (Phi) is 6.04. The van der Waals surface area contributed by atoms with E-state index in [0.717, 1.165) is 18.3 Å². The second-order valence-corrected chi connectivity index (χ2v) is 6.19. The summed E-state index contributed by atoms with van der Waals surface area (Å²) in [6.45, 7) is 5.81. The zero-order valence-electron chi connectivity index (χ0n) is 13.0. The molecule has 0 aliphatic heterocycles. The molecule has 2 nitrogen and oxygen atoms in total. The van der Waals surface area contributed by atoms with Gasteiger partial charge >= 0.3 is 5.97 Å². The minimum Gasteiger partial charge on any atom is -0.462 e. The van der Waals surface area contributed by atoms with Gasteiger partial charge in [-0.15, -0.1) is 0 Å². The fourth-order valence-corrected chi connectivity index (χ4v) is 3.17. The van der Waals surface area contributed by atoms with E-state index < -0.39 is 0 Å². The van der Waals surface area contributed by atoms with Gasteiger partial charge in [-0.3, -0.25) is 0 Å². The van der Waals surface area contributed by atoms with Gasteiger partial charge in [0.15, 0.2) is 0 Å². The number of hydrogen-bond donors (Lipinski definition) is 0. The minimum atomic E-state index is -0.261. The van der Waals surface area contributed by atoms with Crippen molar-refractivity contribution in [2.24, 2.45) is 5.92 Å². The Hall–Kier alpha value is -1.57. The van der Waals surface area contributed by atoms with Crippen LogP contribution < -0.4 is 0 Å². The molecule has 0 unspecified atom stereocenters. The molecule has 1 aliphatic carbocycles. The normalized spacial score (nSPS) is 21.8. The molecule has 0 spiro atoms.